The molecule has 0 amide bonds. The highest BCUT2D eigenvalue weighted by Gasteiger charge is 2.10. The van der Waals surface area contributed by atoms with Crippen LogP contribution in [0.25, 0.3) is 22.4 Å². The molecule has 0 spiro atoms. The maximum atomic E-state index is 6.03. The molecule has 0 radical (unpaired) electrons. The average molecular weight is 322 g/mol. The van der Waals surface area contributed by atoms with Crippen LogP contribution in [0.3, 0.4) is 0 Å². The Kier molecular flexibility index (Phi) is 5.52. The number of H-pyrrole nitrogens is 1. The second-order valence-corrected chi connectivity index (χ2v) is 6.36. The Labute approximate surface area is 144 Å². The summed E-state index contributed by atoms with van der Waals surface area (Å²) in [7, 11) is 0. The fourth-order valence-electron chi connectivity index (χ4n) is 2.93. The highest BCUT2D eigenvalue weighted by molar-refractivity contribution is 5.81. The third-order valence-electron chi connectivity index (χ3n) is 4.29. The van der Waals surface area contributed by atoms with Gasteiger partial charge in [0.1, 0.15) is 11.6 Å². The molecular weight excluding hydrogens is 296 g/mol. The van der Waals surface area contributed by atoms with E-state index in [1.807, 2.05) is 18.2 Å². The highest BCUT2D eigenvalue weighted by atomic mass is 16.5. The zero-order valence-electron chi connectivity index (χ0n) is 14.6. The molecule has 0 atom stereocenters. The molecule has 0 bridgehead atoms. The summed E-state index contributed by atoms with van der Waals surface area (Å²) in [5.41, 5.74) is 4.32. The molecule has 1 aromatic heterocycles. The first kappa shape index (κ1) is 16.6. The van der Waals surface area contributed by atoms with Gasteiger partial charge in [0.05, 0.1) is 23.2 Å². The first-order chi connectivity index (χ1) is 11.8. The number of nitrogens with one attached hydrogen (secondary N) is 1. The van der Waals surface area contributed by atoms with E-state index in [-0.39, 0.29) is 0 Å². The minimum Gasteiger partial charge on any atom is -0.493 e. The van der Waals surface area contributed by atoms with Gasteiger partial charge < -0.3 is 9.72 Å². The minimum atomic E-state index is 0.764. The van der Waals surface area contributed by atoms with E-state index in [1.54, 1.807) is 0 Å². The number of para-hydroxylation sites is 1. The third-order valence-corrected chi connectivity index (χ3v) is 4.29. The number of nitrogens with zero attached hydrogens (tertiary/aromatic N) is 1. The molecule has 3 rings (SSSR count). The third kappa shape index (κ3) is 3.97. The molecule has 0 saturated carbocycles. The number of unbranched alkanes of at least 4 members (excludes halogenated alkanes) is 4. The highest BCUT2D eigenvalue weighted by Crippen LogP contribution is 2.29. The Morgan fingerprint density at radius 1 is 1.00 bits per heavy atom. The van der Waals surface area contributed by atoms with Crippen molar-refractivity contribution in [2.75, 3.05) is 6.61 Å². The summed E-state index contributed by atoms with van der Waals surface area (Å²) in [4.78, 5) is 8.14. The summed E-state index contributed by atoms with van der Waals surface area (Å²) >= 11 is 0. The van der Waals surface area contributed by atoms with Crippen LogP contribution in [0.15, 0.2) is 42.5 Å². The van der Waals surface area contributed by atoms with E-state index >= 15 is 0 Å². The van der Waals surface area contributed by atoms with E-state index in [9.17, 15) is 0 Å². The molecule has 126 valence electrons. The molecule has 0 aliphatic rings. The quantitative estimate of drug-likeness (QED) is 0.525. The molecule has 24 heavy (non-hydrogen) atoms. The molecule has 0 aliphatic heterocycles. The number of fused-ring (bicyclic) bond motifs is 1. The van der Waals surface area contributed by atoms with Gasteiger partial charge in [-0.1, -0.05) is 50.8 Å². The van der Waals surface area contributed by atoms with Gasteiger partial charge in [0.15, 0.2) is 0 Å². The number of benzene rings is 2. The molecule has 1 N–H and O–H groups in total. The smallest absolute Gasteiger partial charge is 0.142 e. The van der Waals surface area contributed by atoms with E-state index in [4.69, 9.17) is 9.72 Å². The van der Waals surface area contributed by atoms with Crippen molar-refractivity contribution in [2.24, 2.45) is 0 Å². The lowest BCUT2D eigenvalue weighted by Crippen LogP contribution is -1.99. The van der Waals surface area contributed by atoms with Crippen LogP contribution in [0.1, 0.15) is 44.6 Å². The topological polar surface area (TPSA) is 37.9 Å². The maximum absolute atomic E-state index is 6.03. The number of hydrogen-bond acceptors (Lipinski definition) is 2. The van der Waals surface area contributed by atoms with Crippen LogP contribution in [0.2, 0.25) is 0 Å². The molecule has 3 heteroatoms. The number of hydrogen-bond donors (Lipinski definition) is 1. The number of rotatable bonds is 8. The fourth-order valence-corrected chi connectivity index (χ4v) is 2.93. The monoisotopic (exact) mass is 322 g/mol. The van der Waals surface area contributed by atoms with Gasteiger partial charge >= 0.3 is 0 Å². The fraction of sp³-hybridized carbons (Fsp3) is 0.381. The average Bonchev–Trinajstić information content (AvgIpc) is 3.01. The van der Waals surface area contributed by atoms with E-state index < -0.39 is 0 Å². The van der Waals surface area contributed by atoms with Crippen molar-refractivity contribution in [3.05, 3.63) is 48.0 Å². The largest absolute Gasteiger partial charge is 0.493 e. The predicted octanol–water partition coefficient (Wildman–Crippen LogP) is 5.89. The Morgan fingerprint density at radius 2 is 1.83 bits per heavy atom. The lowest BCUT2D eigenvalue weighted by molar-refractivity contribution is 0.305. The molecule has 1 heterocycles. The summed E-state index contributed by atoms with van der Waals surface area (Å²) in [5, 5.41) is 0. The summed E-state index contributed by atoms with van der Waals surface area (Å²) in [6.07, 6.45) is 6.22. The van der Waals surface area contributed by atoms with Gasteiger partial charge in [0, 0.05) is 0 Å². The van der Waals surface area contributed by atoms with Gasteiger partial charge in [-0.2, -0.15) is 0 Å². The summed E-state index contributed by atoms with van der Waals surface area (Å²) in [6, 6.07) is 14.4. The first-order valence-electron chi connectivity index (χ1n) is 8.96. The number of ether oxygens (including phenoxy) is 1. The van der Waals surface area contributed by atoms with Gasteiger partial charge in [0.25, 0.3) is 0 Å². The Bertz CT molecular complexity index is 791. The van der Waals surface area contributed by atoms with E-state index in [1.165, 1.54) is 31.2 Å². The summed E-state index contributed by atoms with van der Waals surface area (Å²) in [5.74, 6) is 1.78. The van der Waals surface area contributed by atoms with Crippen LogP contribution in [0.5, 0.6) is 5.75 Å². The molecule has 3 nitrogen and oxygen atoms in total. The second-order valence-electron chi connectivity index (χ2n) is 6.36. The van der Waals surface area contributed by atoms with Crippen LogP contribution in [0, 0.1) is 6.92 Å². The predicted molar refractivity (Wildman–Crippen MR) is 101 cm³/mol. The lowest BCUT2D eigenvalue weighted by Gasteiger charge is -2.09. The molecular formula is C21H26N2O. The van der Waals surface area contributed by atoms with Crippen LogP contribution < -0.4 is 4.74 Å². The zero-order chi connectivity index (χ0) is 16.8. The van der Waals surface area contributed by atoms with E-state index in [0.717, 1.165) is 41.2 Å². The van der Waals surface area contributed by atoms with Crippen LogP contribution in [0.4, 0.5) is 0 Å². The lowest BCUT2D eigenvalue weighted by atomic mass is 10.1. The van der Waals surface area contributed by atoms with Gasteiger partial charge in [-0.15, -0.1) is 0 Å². The molecule has 0 saturated heterocycles. The van der Waals surface area contributed by atoms with Crippen LogP contribution in [-0.4, -0.2) is 16.6 Å². The van der Waals surface area contributed by atoms with Crippen molar-refractivity contribution in [2.45, 2.75) is 46.0 Å². The molecule has 0 aliphatic carbocycles. The number of aromatic nitrogens is 2. The maximum Gasteiger partial charge on any atom is 0.142 e. The Hall–Kier alpha value is -2.29. The normalized spacial score (nSPS) is 11.1. The second kappa shape index (κ2) is 8.00. The Balaban J connectivity index is 1.73. The van der Waals surface area contributed by atoms with Gasteiger partial charge in [-0.25, -0.2) is 4.98 Å². The van der Waals surface area contributed by atoms with E-state index in [2.05, 4.69) is 43.1 Å². The van der Waals surface area contributed by atoms with E-state index in [0.29, 0.717) is 0 Å². The first-order valence-corrected chi connectivity index (χ1v) is 8.96. The van der Waals surface area contributed by atoms with Crippen LogP contribution in [-0.2, 0) is 0 Å². The molecule has 0 unspecified atom stereocenters. The number of aryl methyl sites for hydroxylation is 1. The van der Waals surface area contributed by atoms with Crippen molar-refractivity contribution >= 4 is 11.0 Å². The number of aromatic amines is 1. The van der Waals surface area contributed by atoms with Gasteiger partial charge in [-0.3, -0.25) is 0 Å². The van der Waals surface area contributed by atoms with Crippen molar-refractivity contribution in [1.82, 2.24) is 9.97 Å². The van der Waals surface area contributed by atoms with Gasteiger partial charge in [-0.05, 0) is 43.2 Å². The number of imidazole rings is 1. The summed E-state index contributed by atoms with van der Waals surface area (Å²) in [6.45, 7) is 5.09. The Morgan fingerprint density at radius 3 is 2.71 bits per heavy atom. The van der Waals surface area contributed by atoms with Gasteiger partial charge in [0.2, 0.25) is 0 Å². The standard InChI is InChI=1S/C21H26N2O/c1-3-4-5-6-9-14-24-20-11-8-7-10-17(20)21-22-18-13-12-16(2)15-19(18)23-21/h7-8,10-13,15H,3-6,9,14H2,1-2H3,(H,22,23). The molecule has 3 aromatic rings. The van der Waals surface area contributed by atoms with Crippen molar-refractivity contribution in [3.63, 3.8) is 0 Å². The zero-order valence-corrected chi connectivity index (χ0v) is 14.6. The molecule has 2 aromatic carbocycles. The minimum absolute atomic E-state index is 0.764. The SMILES string of the molecule is CCCCCCCOc1ccccc1-c1nc2ccc(C)cc2[nH]1. The van der Waals surface area contributed by atoms with Crippen molar-refractivity contribution < 1.29 is 4.74 Å². The van der Waals surface area contributed by atoms with Crippen molar-refractivity contribution in [3.8, 4) is 17.1 Å². The van der Waals surface area contributed by atoms with Crippen LogP contribution >= 0.6 is 0 Å². The summed E-state index contributed by atoms with van der Waals surface area (Å²) < 4.78 is 6.03. The van der Waals surface area contributed by atoms with Crippen molar-refractivity contribution in [1.29, 1.82) is 0 Å². The molecule has 0 fully saturated rings.